The summed E-state index contributed by atoms with van der Waals surface area (Å²) in [6.45, 7) is 6.15. The van der Waals surface area contributed by atoms with E-state index in [-0.39, 0.29) is 0 Å². The van der Waals surface area contributed by atoms with Gasteiger partial charge in [0.15, 0.2) is 11.5 Å². The Hall–Kier alpha value is -2.46. The topological polar surface area (TPSA) is 30.9 Å². The highest BCUT2D eigenvalue weighted by atomic mass is 16.5. The van der Waals surface area contributed by atoms with Crippen LogP contribution in [0.1, 0.15) is 42.9 Å². The molecular weight excluding hydrogens is 374 g/mol. The molecule has 0 aromatic heterocycles. The zero-order valence-electron chi connectivity index (χ0n) is 18.4. The van der Waals surface area contributed by atoms with E-state index < -0.39 is 0 Å². The van der Waals surface area contributed by atoms with Crippen LogP contribution >= 0.6 is 0 Å². The number of allylic oxidation sites excluding steroid dienone is 1. The van der Waals surface area contributed by atoms with E-state index in [0.717, 1.165) is 42.6 Å². The summed E-state index contributed by atoms with van der Waals surface area (Å²) in [6, 6.07) is 15.0. The Bertz CT molecular complexity index is 883. The van der Waals surface area contributed by atoms with Crippen molar-refractivity contribution in [2.24, 2.45) is 5.92 Å². The van der Waals surface area contributed by atoms with Crippen molar-refractivity contribution in [3.63, 3.8) is 0 Å². The summed E-state index contributed by atoms with van der Waals surface area (Å²) in [5.41, 5.74) is 5.30. The number of rotatable bonds is 8. The summed E-state index contributed by atoms with van der Waals surface area (Å²) in [4.78, 5) is 2.59. The maximum Gasteiger partial charge on any atom is 0.161 e. The molecule has 1 aliphatic carbocycles. The van der Waals surface area contributed by atoms with Crippen molar-refractivity contribution < 1.29 is 14.2 Å². The van der Waals surface area contributed by atoms with Gasteiger partial charge in [0, 0.05) is 12.1 Å². The van der Waals surface area contributed by atoms with Crippen LogP contribution in [0, 0.1) is 5.92 Å². The minimum atomic E-state index is 0.683. The van der Waals surface area contributed by atoms with Crippen LogP contribution in [0.5, 0.6) is 11.5 Å². The van der Waals surface area contributed by atoms with Gasteiger partial charge in [-0.25, -0.2) is 0 Å². The van der Waals surface area contributed by atoms with Crippen LogP contribution in [0.3, 0.4) is 0 Å². The van der Waals surface area contributed by atoms with Crippen LogP contribution in [0.2, 0.25) is 0 Å². The average molecular weight is 408 g/mol. The molecule has 2 aromatic carbocycles. The predicted octanol–water partition coefficient (Wildman–Crippen LogP) is 5.31. The van der Waals surface area contributed by atoms with Gasteiger partial charge >= 0.3 is 0 Å². The summed E-state index contributed by atoms with van der Waals surface area (Å²) in [6.07, 6.45) is 4.57. The molecule has 2 aromatic rings. The van der Waals surface area contributed by atoms with Gasteiger partial charge < -0.3 is 14.2 Å². The minimum absolute atomic E-state index is 0.683. The Morgan fingerprint density at radius 2 is 1.67 bits per heavy atom. The highest BCUT2D eigenvalue weighted by Crippen LogP contribution is 2.43. The lowest BCUT2D eigenvalue weighted by atomic mass is 9.89. The molecular formula is C26H33NO3. The summed E-state index contributed by atoms with van der Waals surface area (Å²) >= 11 is 0. The van der Waals surface area contributed by atoms with Crippen molar-refractivity contribution in [1.29, 1.82) is 0 Å². The van der Waals surface area contributed by atoms with Gasteiger partial charge in [-0.05, 0) is 80.4 Å². The molecule has 0 N–H and O–H groups in total. The van der Waals surface area contributed by atoms with Crippen LogP contribution < -0.4 is 9.47 Å². The first-order valence-electron chi connectivity index (χ1n) is 11.1. The van der Waals surface area contributed by atoms with E-state index in [1.165, 1.54) is 48.2 Å². The first-order chi connectivity index (χ1) is 14.7. The molecule has 2 aliphatic rings. The van der Waals surface area contributed by atoms with Gasteiger partial charge in [-0.3, -0.25) is 4.90 Å². The largest absolute Gasteiger partial charge is 0.493 e. The summed E-state index contributed by atoms with van der Waals surface area (Å²) in [5.74, 6) is 3.35. The molecule has 4 heteroatoms. The Labute approximate surface area is 180 Å². The molecule has 160 valence electrons. The zero-order valence-corrected chi connectivity index (χ0v) is 18.4. The average Bonchev–Trinajstić information content (AvgIpc) is 3.11. The van der Waals surface area contributed by atoms with E-state index in [1.54, 1.807) is 14.2 Å². The number of fused-ring (bicyclic) bond motifs is 1. The molecule has 0 bridgehead atoms. The first-order valence-corrected chi connectivity index (χ1v) is 11.1. The second kappa shape index (κ2) is 9.57. The summed E-state index contributed by atoms with van der Waals surface area (Å²) in [7, 11) is 3.38. The molecule has 0 atom stereocenters. The number of piperidine rings is 1. The molecule has 4 nitrogen and oxygen atoms in total. The normalized spacial score (nSPS) is 17.2. The van der Waals surface area contributed by atoms with Gasteiger partial charge in [-0.15, -0.1) is 0 Å². The Kier molecular flexibility index (Phi) is 6.63. The van der Waals surface area contributed by atoms with Crippen LogP contribution in [0.25, 0.3) is 5.76 Å². The van der Waals surface area contributed by atoms with Gasteiger partial charge in [-0.2, -0.15) is 0 Å². The number of hydrogen-bond acceptors (Lipinski definition) is 4. The molecule has 1 aliphatic heterocycles. The highest BCUT2D eigenvalue weighted by Gasteiger charge is 2.28. The molecule has 1 saturated heterocycles. The SMILES string of the molecule is CCOC1=C(CC2CCN(Cc3ccccc3)CC2)Cc2cc(OC)c(OC)cc21. The van der Waals surface area contributed by atoms with Gasteiger partial charge in [0.25, 0.3) is 0 Å². The fraction of sp³-hybridized carbons (Fsp3) is 0.462. The Morgan fingerprint density at radius 1 is 0.967 bits per heavy atom. The number of ether oxygens (including phenoxy) is 3. The Morgan fingerprint density at radius 3 is 2.33 bits per heavy atom. The smallest absolute Gasteiger partial charge is 0.161 e. The highest BCUT2D eigenvalue weighted by molar-refractivity contribution is 5.74. The summed E-state index contributed by atoms with van der Waals surface area (Å²) in [5, 5.41) is 0. The maximum absolute atomic E-state index is 6.13. The van der Waals surface area contributed by atoms with Crippen LogP contribution in [0.15, 0.2) is 48.0 Å². The van der Waals surface area contributed by atoms with E-state index in [0.29, 0.717) is 6.61 Å². The molecule has 4 rings (SSSR count). The molecule has 0 radical (unpaired) electrons. The summed E-state index contributed by atoms with van der Waals surface area (Å²) < 4.78 is 17.2. The monoisotopic (exact) mass is 407 g/mol. The number of benzene rings is 2. The lowest BCUT2D eigenvalue weighted by molar-refractivity contribution is 0.176. The standard InChI is InChI=1S/C26H33NO3/c1-4-30-26-22(15-21-16-24(28-2)25(29-3)17-23(21)26)14-19-10-12-27(13-11-19)18-20-8-6-5-7-9-20/h5-9,16-17,19H,4,10-15,18H2,1-3H3. The Balaban J connectivity index is 1.42. The molecule has 1 heterocycles. The lowest BCUT2D eigenvalue weighted by Crippen LogP contribution is -2.33. The number of methoxy groups -OCH3 is 2. The second-order valence-electron chi connectivity index (χ2n) is 8.32. The number of hydrogen-bond donors (Lipinski definition) is 0. The van der Waals surface area contributed by atoms with Crippen molar-refractivity contribution >= 4 is 5.76 Å². The van der Waals surface area contributed by atoms with Gasteiger partial charge in [0.05, 0.1) is 20.8 Å². The quantitative estimate of drug-likeness (QED) is 0.593. The number of nitrogens with zero attached hydrogens (tertiary/aromatic N) is 1. The third-order valence-electron chi connectivity index (χ3n) is 6.36. The van der Waals surface area contributed by atoms with Crippen LogP contribution in [-0.2, 0) is 17.7 Å². The molecule has 0 saturated carbocycles. The van der Waals surface area contributed by atoms with Crippen LogP contribution in [-0.4, -0.2) is 38.8 Å². The molecule has 0 amide bonds. The van der Waals surface area contributed by atoms with E-state index in [4.69, 9.17) is 14.2 Å². The minimum Gasteiger partial charge on any atom is -0.493 e. The van der Waals surface area contributed by atoms with Gasteiger partial charge in [0.1, 0.15) is 5.76 Å². The van der Waals surface area contributed by atoms with Crippen molar-refractivity contribution in [2.45, 2.75) is 39.2 Å². The molecule has 0 spiro atoms. The molecule has 30 heavy (non-hydrogen) atoms. The van der Waals surface area contributed by atoms with Crippen molar-refractivity contribution in [3.8, 4) is 11.5 Å². The fourth-order valence-corrected chi connectivity index (χ4v) is 4.81. The van der Waals surface area contributed by atoms with E-state index in [1.807, 2.05) is 0 Å². The third-order valence-corrected chi connectivity index (χ3v) is 6.36. The first kappa shape index (κ1) is 20.8. The van der Waals surface area contributed by atoms with Gasteiger partial charge in [-0.1, -0.05) is 30.3 Å². The number of likely N-dealkylation sites (tertiary alicyclic amines) is 1. The second-order valence-corrected chi connectivity index (χ2v) is 8.32. The lowest BCUT2D eigenvalue weighted by Gasteiger charge is -2.32. The van der Waals surface area contributed by atoms with E-state index >= 15 is 0 Å². The third kappa shape index (κ3) is 4.49. The van der Waals surface area contributed by atoms with Crippen molar-refractivity contribution in [2.75, 3.05) is 33.9 Å². The van der Waals surface area contributed by atoms with Gasteiger partial charge in [0.2, 0.25) is 0 Å². The van der Waals surface area contributed by atoms with E-state index in [2.05, 4.69) is 54.3 Å². The molecule has 1 fully saturated rings. The zero-order chi connectivity index (χ0) is 20.9. The maximum atomic E-state index is 6.13. The van der Waals surface area contributed by atoms with Crippen molar-refractivity contribution in [3.05, 3.63) is 64.7 Å². The molecule has 0 unspecified atom stereocenters. The van der Waals surface area contributed by atoms with Crippen LogP contribution in [0.4, 0.5) is 0 Å². The van der Waals surface area contributed by atoms with Crippen molar-refractivity contribution in [1.82, 2.24) is 4.90 Å². The predicted molar refractivity (Wildman–Crippen MR) is 121 cm³/mol. The van der Waals surface area contributed by atoms with E-state index in [9.17, 15) is 0 Å². The fourth-order valence-electron chi connectivity index (χ4n) is 4.81.